The van der Waals surface area contributed by atoms with Gasteiger partial charge in [-0.05, 0) is 29.5 Å². The van der Waals surface area contributed by atoms with Gasteiger partial charge < -0.3 is 19.4 Å². The quantitative estimate of drug-likeness (QED) is 0.469. The first-order chi connectivity index (χ1) is 17.8. The lowest BCUT2D eigenvalue weighted by molar-refractivity contribution is -0.137. The first kappa shape index (κ1) is 25.2. The van der Waals surface area contributed by atoms with Crippen molar-refractivity contribution in [2.24, 2.45) is 0 Å². The first-order valence-corrected chi connectivity index (χ1v) is 14.0. The van der Waals surface area contributed by atoms with E-state index in [1.807, 2.05) is 91.0 Å². The molecular weight excluding hydrogens is 491 g/mol. The van der Waals surface area contributed by atoms with Gasteiger partial charge in [0.1, 0.15) is 6.61 Å². The fourth-order valence-corrected chi connectivity index (χ4v) is 6.88. The van der Waals surface area contributed by atoms with Crippen molar-refractivity contribution in [3.8, 4) is 0 Å². The molecule has 2 saturated heterocycles. The van der Waals surface area contributed by atoms with E-state index < -0.39 is 31.4 Å². The van der Waals surface area contributed by atoms with Crippen molar-refractivity contribution >= 4 is 19.6 Å². The van der Waals surface area contributed by atoms with Crippen LogP contribution in [-0.4, -0.2) is 56.0 Å². The molecule has 3 atom stereocenters. The Bertz CT molecular complexity index is 1240. The molecule has 0 saturated carbocycles. The first-order valence-electron chi connectivity index (χ1n) is 12.3. The summed E-state index contributed by atoms with van der Waals surface area (Å²) in [6.07, 6.45) is 0.295. The Kier molecular flexibility index (Phi) is 7.15. The number of carbonyl (C=O) groups excluding carboxylic acids is 2. The number of amides is 2. The number of nitrogens with zero attached hydrogens (tertiary/aromatic N) is 2. The monoisotopic (exact) mass is 520 g/mol. The molecule has 192 valence electrons. The molecule has 2 N–H and O–H groups in total. The molecule has 0 unspecified atom stereocenters. The zero-order chi connectivity index (χ0) is 26.0. The predicted molar refractivity (Wildman–Crippen MR) is 138 cm³/mol. The van der Waals surface area contributed by atoms with Gasteiger partial charge in [-0.3, -0.25) is 14.3 Å². The SMILES string of the molecule is O=C(C(c1ccccc1)c1ccccc1)N1C[C@@H]2CC[C@H]([C@H]1P(=O)(O)O)N2C(=O)OCc1ccccc1. The fourth-order valence-electron chi connectivity index (χ4n) is 5.57. The lowest BCUT2D eigenvalue weighted by Gasteiger charge is -2.47. The summed E-state index contributed by atoms with van der Waals surface area (Å²) in [4.78, 5) is 50.9. The molecule has 2 aliphatic rings. The number of hydrogen-bond donors (Lipinski definition) is 2. The molecule has 37 heavy (non-hydrogen) atoms. The van der Waals surface area contributed by atoms with E-state index in [1.54, 1.807) is 0 Å². The van der Waals surface area contributed by atoms with Crippen LogP contribution in [0.2, 0.25) is 0 Å². The van der Waals surface area contributed by atoms with E-state index in [0.29, 0.717) is 12.8 Å². The molecule has 2 bridgehead atoms. The third-order valence-electron chi connectivity index (χ3n) is 7.17. The highest BCUT2D eigenvalue weighted by molar-refractivity contribution is 7.52. The van der Waals surface area contributed by atoms with Crippen LogP contribution in [0.3, 0.4) is 0 Å². The molecule has 2 amide bonds. The lowest BCUT2D eigenvalue weighted by atomic mass is 9.89. The molecule has 0 aromatic heterocycles. The lowest BCUT2D eigenvalue weighted by Crippen LogP contribution is -2.63. The topological polar surface area (TPSA) is 107 Å². The van der Waals surface area contributed by atoms with Gasteiger partial charge in [-0.1, -0.05) is 91.0 Å². The molecule has 0 radical (unpaired) electrons. The second-order valence-electron chi connectivity index (χ2n) is 9.49. The zero-order valence-corrected chi connectivity index (χ0v) is 21.1. The highest BCUT2D eigenvalue weighted by Crippen LogP contribution is 2.52. The van der Waals surface area contributed by atoms with E-state index in [9.17, 15) is 23.9 Å². The minimum Gasteiger partial charge on any atom is -0.445 e. The second kappa shape index (κ2) is 10.5. The second-order valence-corrected chi connectivity index (χ2v) is 11.2. The normalized spacial score (nSPS) is 21.2. The maximum absolute atomic E-state index is 14.1. The Hall–Kier alpha value is -3.45. The van der Waals surface area contributed by atoms with Gasteiger partial charge in [0.15, 0.2) is 5.78 Å². The number of benzene rings is 3. The van der Waals surface area contributed by atoms with Crippen LogP contribution >= 0.6 is 7.60 Å². The standard InChI is InChI=1S/C28H29N2O6P/c31-26(25(21-12-6-2-7-13-21)22-14-8-3-9-15-22)29-18-23-16-17-24(27(29)37(33,34)35)30(23)28(32)36-19-20-10-4-1-5-11-20/h1-15,23-25,27H,16-19H2,(H2,33,34,35)/t23-,24+,27+/m0/s1. The fraction of sp³-hybridized carbons (Fsp3) is 0.286. The third-order valence-corrected chi connectivity index (χ3v) is 8.49. The maximum atomic E-state index is 14.1. The van der Waals surface area contributed by atoms with Gasteiger partial charge >= 0.3 is 13.7 Å². The van der Waals surface area contributed by atoms with Gasteiger partial charge in [-0.25, -0.2) is 4.79 Å². The van der Waals surface area contributed by atoms with Gasteiger partial charge in [0.2, 0.25) is 5.91 Å². The van der Waals surface area contributed by atoms with E-state index in [4.69, 9.17) is 4.74 Å². The van der Waals surface area contributed by atoms with Crippen LogP contribution in [0.15, 0.2) is 91.0 Å². The number of piperazine rings is 1. The van der Waals surface area contributed by atoms with Crippen LogP contribution in [0.4, 0.5) is 4.79 Å². The van der Waals surface area contributed by atoms with Crippen LogP contribution in [0.25, 0.3) is 0 Å². The van der Waals surface area contributed by atoms with Crippen molar-refractivity contribution in [3.63, 3.8) is 0 Å². The average Bonchev–Trinajstić information content (AvgIpc) is 3.20. The molecule has 3 aromatic rings. The Morgan fingerprint density at radius 1 is 0.865 bits per heavy atom. The molecule has 8 nitrogen and oxygen atoms in total. The minimum atomic E-state index is -4.82. The average molecular weight is 521 g/mol. The van der Waals surface area contributed by atoms with E-state index in [2.05, 4.69) is 0 Å². The van der Waals surface area contributed by atoms with Gasteiger partial charge in [-0.15, -0.1) is 0 Å². The maximum Gasteiger partial charge on any atom is 0.410 e. The largest absolute Gasteiger partial charge is 0.445 e. The van der Waals surface area contributed by atoms with Gasteiger partial charge in [-0.2, -0.15) is 0 Å². The van der Waals surface area contributed by atoms with Crippen LogP contribution in [0, 0.1) is 0 Å². The van der Waals surface area contributed by atoms with Crippen molar-refractivity contribution in [1.29, 1.82) is 0 Å². The zero-order valence-electron chi connectivity index (χ0n) is 20.2. The van der Waals surface area contributed by atoms with Crippen molar-refractivity contribution in [1.82, 2.24) is 9.80 Å². The smallest absolute Gasteiger partial charge is 0.410 e. The van der Waals surface area contributed by atoms with E-state index in [-0.39, 0.29) is 25.1 Å². The van der Waals surface area contributed by atoms with Gasteiger partial charge in [0, 0.05) is 6.54 Å². The number of rotatable bonds is 6. The number of ether oxygens (including phenoxy) is 1. The van der Waals surface area contributed by atoms with Gasteiger partial charge in [0.25, 0.3) is 0 Å². The highest BCUT2D eigenvalue weighted by atomic mass is 31.2. The molecule has 0 spiro atoms. The van der Waals surface area contributed by atoms with Crippen molar-refractivity contribution in [3.05, 3.63) is 108 Å². The Morgan fingerprint density at radius 2 is 1.41 bits per heavy atom. The van der Waals surface area contributed by atoms with Crippen molar-refractivity contribution < 1.29 is 28.7 Å². The van der Waals surface area contributed by atoms with Gasteiger partial charge in [0.05, 0.1) is 18.0 Å². The van der Waals surface area contributed by atoms with Crippen molar-refractivity contribution in [2.75, 3.05) is 6.54 Å². The number of fused-ring (bicyclic) bond motifs is 2. The molecule has 5 rings (SSSR count). The molecule has 2 fully saturated rings. The third kappa shape index (κ3) is 5.18. The Labute approximate surface area is 215 Å². The summed E-state index contributed by atoms with van der Waals surface area (Å²) in [5, 5.41) is 0. The van der Waals surface area contributed by atoms with Crippen LogP contribution < -0.4 is 0 Å². The number of likely N-dealkylation sites (tertiary alicyclic amines) is 1. The summed E-state index contributed by atoms with van der Waals surface area (Å²) in [7, 11) is -4.82. The minimum absolute atomic E-state index is 0.0295. The van der Waals surface area contributed by atoms with Crippen LogP contribution in [-0.2, 0) is 20.7 Å². The molecule has 3 aromatic carbocycles. The summed E-state index contributed by atoms with van der Waals surface area (Å²) < 4.78 is 18.4. The van der Waals surface area contributed by atoms with E-state index in [1.165, 1.54) is 9.80 Å². The number of hydrogen-bond acceptors (Lipinski definition) is 4. The summed E-state index contributed by atoms with van der Waals surface area (Å²) in [6, 6.07) is 26.4. The number of carbonyl (C=O) groups is 2. The Morgan fingerprint density at radius 3 is 1.95 bits per heavy atom. The Balaban J connectivity index is 1.44. The molecule has 0 aliphatic carbocycles. The molecule has 2 aliphatic heterocycles. The summed E-state index contributed by atoms with van der Waals surface area (Å²) in [5.41, 5.74) is 2.29. The van der Waals surface area contributed by atoms with Crippen LogP contribution in [0.5, 0.6) is 0 Å². The summed E-state index contributed by atoms with van der Waals surface area (Å²) >= 11 is 0. The van der Waals surface area contributed by atoms with E-state index in [0.717, 1.165) is 16.7 Å². The molecule has 2 heterocycles. The van der Waals surface area contributed by atoms with E-state index >= 15 is 0 Å². The molecule has 9 heteroatoms. The summed E-state index contributed by atoms with van der Waals surface area (Å²) in [5.74, 6) is -2.56. The predicted octanol–water partition coefficient (Wildman–Crippen LogP) is 4.33. The van der Waals surface area contributed by atoms with Crippen molar-refractivity contribution in [2.45, 2.75) is 43.2 Å². The summed E-state index contributed by atoms with van der Waals surface area (Å²) in [6.45, 7) is 0.0879. The van der Waals surface area contributed by atoms with Crippen LogP contribution in [0.1, 0.15) is 35.4 Å². The highest BCUT2D eigenvalue weighted by Gasteiger charge is 2.57. The molecular formula is C28H29N2O6P.